The molecule has 1 aromatic rings. The number of hydrogen-bond acceptors (Lipinski definition) is 10. The molecule has 0 aliphatic rings. The second-order valence-electron chi connectivity index (χ2n) is 15.5. The standard InChI is InChI=1S/C48H89NO10/c1-4-6-8-10-12-14-16-18-20-22-24-26-30-58-45-42-44(43-46(47(45)52-3)59-31-27-25-23-21-19-17-15-13-11-9-7-5-2)48(51)49-28-32-53-34-36-55-38-40-57-41-39-56-37-35-54-33-29-50/h42-43,50H,4-41H2,1-3H3,(H,49,51). The first-order chi connectivity index (χ1) is 29.2. The fourth-order valence-corrected chi connectivity index (χ4v) is 6.76. The molecule has 1 rings (SSSR count). The van der Waals surface area contributed by atoms with Gasteiger partial charge in [0.15, 0.2) is 11.5 Å². The molecule has 1 aromatic carbocycles. The zero-order valence-corrected chi connectivity index (χ0v) is 38.1. The number of aliphatic hydroxyl groups excluding tert-OH is 1. The normalized spacial score (nSPS) is 11.3. The van der Waals surface area contributed by atoms with Crippen molar-refractivity contribution in [2.45, 2.75) is 168 Å². The quantitative estimate of drug-likeness (QED) is 0.0613. The van der Waals surface area contributed by atoms with Crippen LogP contribution in [0.4, 0.5) is 0 Å². The minimum Gasteiger partial charge on any atom is -0.490 e. The highest BCUT2D eigenvalue weighted by Gasteiger charge is 2.18. The summed E-state index contributed by atoms with van der Waals surface area (Å²) in [4.78, 5) is 13.3. The highest BCUT2D eigenvalue weighted by molar-refractivity contribution is 5.95. The fourth-order valence-electron chi connectivity index (χ4n) is 6.76. The average Bonchev–Trinajstić information content (AvgIpc) is 3.25. The van der Waals surface area contributed by atoms with Crippen LogP contribution >= 0.6 is 0 Å². The van der Waals surface area contributed by atoms with Gasteiger partial charge in [0.2, 0.25) is 5.75 Å². The number of methoxy groups -OCH3 is 1. The number of carbonyl (C=O) groups excluding carboxylic acids is 1. The van der Waals surface area contributed by atoms with E-state index >= 15 is 0 Å². The Labute approximate surface area is 360 Å². The summed E-state index contributed by atoms with van der Waals surface area (Å²) in [6, 6.07) is 3.53. The lowest BCUT2D eigenvalue weighted by molar-refractivity contribution is -0.0130. The molecule has 59 heavy (non-hydrogen) atoms. The number of benzene rings is 1. The first-order valence-corrected chi connectivity index (χ1v) is 23.9. The van der Waals surface area contributed by atoms with Crippen LogP contribution in [-0.2, 0) is 23.7 Å². The van der Waals surface area contributed by atoms with Crippen LogP contribution in [0.2, 0.25) is 0 Å². The van der Waals surface area contributed by atoms with Crippen molar-refractivity contribution in [1.82, 2.24) is 5.32 Å². The maximum Gasteiger partial charge on any atom is 0.251 e. The largest absolute Gasteiger partial charge is 0.490 e. The fraction of sp³-hybridized carbons (Fsp3) is 0.854. The first kappa shape index (κ1) is 54.9. The van der Waals surface area contributed by atoms with E-state index in [9.17, 15) is 4.79 Å². The molecule has 0 unspecified atom stereocenters. The van der Waals surface area contributed by atoms with Crippen molar-refractivity contribution in [3.63, 3.8) is 0 Å². The number of hydrogen-bond donors (Lipinski definition) is 2. The van der Waals surface area contributed by atoms with E-state index in [-0.39, 0.29) is 12.5 Å². The number of nitrogens with one attached hydrogen (secondary N) is 1. The molecule has 0 aliphatic heterocycles. The molecule has 0 saturated carbocycles. The van der Waals surface area contributed by atoms with Crippen molar-refractivity contribution < 1.29 is 47.8 Å². The van der Waals surface area contributed by atoms with Gasteiger partial charge in [-0.1, -0.05) is 155 Å². The second-order valence-corrected chi connectivity index (χ2v) is 15.5. The van der Waals surface area contributed by atoms with E-state index in [0.29, 0.717) is 109 Å². The topological polar surface area (TPSA) is 123 Å². The molecule has 0 spiro atoms. The third-order valence-corrected chi connectivity index (χ3v) is 10.3. The summed E-state index contributed by atoms with van der Waals surface area (Å²) in [6.07, 6.45) is 30.8. The van der Waals surface area contributed by atoms with Gasteiger partial charge < -0.3 is 48.3 Å². The van der Waals surface area contributed by atoms with Gasteiger partial charge in [0.05, 0.1) is 93.0 Å². The molecule has 1 amide bonds. The number of unbranched alkanes of at least 4 members (excludes halogenated alkanes) is 22. The number of ether oxygens (including phenoxy) is 8. The van der Waals surface area contributed by atoms with E-state index in [1.165, 1.54) is 128 Å². The Morgan fingerprint density at radius 1 is 0.458 bits per heavy atom. The van der Waals surface area contributed by atoms with Crippen molar-refractivity contribution >= 4 is 5.91 Å². The number of carbonyl (C=O) groups is 1. The van der Waals surface area contributed by atoms with Crippen LogP contribution < -0.4 is 19.5 Å². The highest BCUT2D eigenvalue weighted by Crippen LogP contribution is 2.39. The van der Waals surface area contributed by atoms with Gasteiger partial charge in [-0.3, -0.25) is 4.79 Å². The number of rotatable bonds is 47. The lowest BCUT2D eigenvalue weighted by atomic mass is 10.1. The predicted molar refractivity (Wildman–Crippen MR) is 240 cm³/mol. The van der Waals surface area contributed by atoms with Crippen LogP contribution in [0.3, 0.4) is 0 Å². The maximum absolute atomic E-state index is 13.3. The van der Waals surface area contributed by atoms with E-state index < -0.39 is 0 Å². The molecule has 0 radical (unpaired) electrons. The molecule has 2 N–H and O–H groups in total. The molecular weight excluding hydrogens is 751 g/mol. The molecule has 0 saturated heterocycles. The second kappa shape index (κ2) is 43.9. The lowest BCUT2D eigenvalue weighted by Crippen LogP contribution is -2.27. The van der Waals surface area contributed by atoms with Gasteiger partial charge in [-0.15, -0.1) is 0 Å². The Balaban J connectivity index is 2.46. The Morgan fingerprint density at radius 2 is 0.780 bits per heavy atom. The van der Waals surface area contributed by atoms with Crippen LogP contribution in [0.25, 0.3) is 0 Å². The molecule has 11 heteroatoms. The van der Waals surface area contributed by atoms with E-state index in [1.54, 1.807) is 19.2 Å². The highest BCUT2D eigenvalue weighted by atomic mass is 16.6. The van der Waals surface area contributed by atoms with Crippen molar-refractivity contribution in [2.24, 2.45) is 0 Å². The summed E-state index contributed by atoms with van der Waals surface area (Å²) >= 11 is 0. The van der Waals surface area contributed by atoms with Crippen molar-refractivity contribution in [2.75, 3.05) is 99.5 Å². The summed E-state index contributed by atoms with van der Waals surface area (Å²) in [7, 11) is 1.63. The van der Waals surface area contributed by atoms with Gasteiger partial charge >= 0.3 is 0 Å². The summed E-state index contributed by atoms with van der Waals surface area (Å²) < 4.78 is 45.6. The number of amides is 1. The lowest BCUT2D eigenvalue weighted by Gasteiger charge is -2.17. The molecule has 11 nitrogen and oxygen atoms in total. The minimum atomic E-state index is -0.211. The molecule has 346 valence electrons. The summed E-state index contributed by atoms with van der Waals surface area (Å²) in [5.74, 6) is 1.42. The molecule has 0 heterocycles. The van der Waals surface area contributed by atoms with E-state index in [4.69, 9.17) is 43.0 Å². The Kier molecular flexibility index (Phi) is 40.8. The third kappa shape index (κ3) is 34.2. The zero-order chi connectivity index (χ0) is 42.5. The van der Waals surface area contributed by atoms with Gasteiger partial charge in [-0.2, -0.15) is 0 Å². The Bertz CT molecular complexity index is 994. The van der Waals surface area contributed by atoms with Crippen LogP contribution in [0.5, 0.6) is 17.2 Å². The molecule has 0 atom stereocenters. The smallest absolute Gasteiger partial charge is 0.251 e. The van der Waals surface area contributed by atoms with E-state index in [0.717, 1.165) is 25.7 Å². The minimum absolute atomic E-state index is 0.0162. The third-order valence-electron chi connectivity index (χ3n) is 10.3. The van der Waals surface area contributed by atoms with E-state index in [2.05, 4.69) is 19.2 Å². The number of aliphatic hydroxyl groups is 1. The average molecular weight is 840 g/mol. The van der Waals surface area contributed by atoms with Gasteiger partial charge in [0, 0.05) is 12.1 Å². The summed E-state index contributed by atoms with van der Waals surface area (Å²) in [5.41, 5.74) is 0.476. The van der Waals surface area contributed by atoms with Crippen molar-refractivity contribution in [3.8, 4) is 17.2 Å². The summed E-state index contributed by atoms with van der Waals surface area (Å²) in [5, 5.41) is 11.6. The predicted octanol–water partition coefficient (Wildman–Crippen LogP) is 10.7. The molecule has 0 bridgehead atoms. The first-order valence-electron chi connectivity index (χ1n) is 23.9. The van der Waals surface area contributed by atoms with Gasteiger partial charge in [0.25, 0.3) is 5.91 Å². The van der Waals surface area contributed by atoms with Gasteiger partial charge in [0.1, 0.15) is 0 Å². The van der Waals surface area contributed by atoms with Crippen molar-refractivity contribution in [3.05, 3.63) is 17.7 Å². The van der Waals surface area contributed by atoms with Crippen LogP contribution in [0.1, 0.15) is 178 Å². The molecular formula is C48H89NO10. The van der Waals surface area contributed by atoms with Crippen LogP contribution in [0.15, 0.2) is 12.1 Å². The molecule has 0 aliphatic carbocycles. The summed E-state index contributed by atoms with van der Waals surface area (Å²) in [6.45, 7) is 10.4. The molecule has 0 aromatic heterocycles. The van der Waals surface area contributed by atoms with Crippen LogP contribution in [-0.4, -0.2) is 111 Å². The molecule has 0 fully saturated rings. The Hall–Kier alpha value is -2.15. The SMILES string of the molecule is CCCCCCCCCCCCCCOc1cc(C(=O)NCCOCCOCCOCCOCCOCCO)cc(OCCCCCCCCCCCCCC)c1OC. The maximum atomic E-state index is 13.3. The van der Waals surface area contributed by atoms with Crippen LogP contribution in [0, 0.1) is 0 Å². The van der Waals surface area contributed by atoms with Gasteiger partial charge in [-0.25, -0.2) is 0 Å². The monoisotopic (exact) mass is 840 g/mol. The Morgan fingerprint density at radius 3 is 1.12 bits per heavy atom. The zero-order valence-electron chi connectivity index (χ0n) is 38.1. The van der Waals surface area contributed by atoms with Gasteiger partial charge in [-0.05, 0) is 25.0 Å². The van der Waals surface area contributed by atoms with E-state index in [1.807, 2.05) is 0 Å². The van der Waals surface area contributed by atoms with Crippen molar-refractivity contribution in [1.29, 1.82) is 0 Å².